The minimum atomic E-state index is -1.27. The fourth-order valence-corrected chi connectivity index (χ4v) is 5.28. The maximum Gasteiger partial charge on any atom is 0.326 e. The van der Waals surface area contributed by atoms with Gasteiger partial charge in [-0.1, -0.05) is 68.2 Å². The molecule has 0 bridgehead atoms. The summed E-state index contributed by atoms with van der Waals surface area (Å²) in [5.41, 5.74) is 27.7. The number of nitrogens with zero attached hydrogens (tertiary/aromatic N) is 2. The third-order valence-electron chi connectivity index (χ3n) is 9.08. The van der Waals surface area contributed by atoms with Crippen molar-refractivity contribution in [1.29, 1.82) is 0 Å². The average molecular weight is 769 g/mol. The van der Waals surface area contributed by atoms with Crippen molar-refractivity contribution >= 4 is 47.4 Å². The summed E-state index contributed by atoms with van der Waals surface area (Å²) in [6.45, 7) is 14.8. The first-order valence-electron chi connectivity index (χ1n) is 18.8. The molecule has 0 aliphatic rings. The highest BCUT2D eigenvalue weighted by Gasteiger charge is 2.35. The van der Waals surface area contributed by atoms with Crippen LogP contribution in [0.2, 0.25) is 0 Å². The van der Waals surface area contributed by atoms with Crippen LogP contribution in [-0.4, -0.2) is 102 Å². The van der Waals surface area contributed by atoms with E-state index in [1.54, 1.807) is 20.8 Å². The Balaban J connectivity index is 6.25. The molecule has 0 fully saturated rings. The van der Waals surface area contributed by atoms with Crippen LogP contribution in [-0.2, 0) is 28.8 Å². The summed E-state index contributed by atoms with van der Waals surface area (Å²) in [5.74, 6) is -5.78. The molecule has 19 heteroatoms. The number of carboxylic acids is 1. The van der Waals surface area contributed by atoms with Crippen LogP contribution < -0.4 is 55.3 Å². The number of carbonyl (C=O) groups excluding carboxylic acids is 5. The van der Waals surface area contributed by atoms with Crippen molar-refractivity contribution < 1.29 is 33.9 Å². The van der Waals surface area contributed by atoms with Crippen LogP contribution in [0, 0.1) is 23.7 Å². The van der Waals surface area contributed by atoms with E-state index in [1.807, 2.05) is 34.6 Å². The zero-order chi connectivity index (χ0) is 41.7. The van der Waals surface area contributed by atoms with E-state index in [-0.39, 0.29) is 68.9 Å². The van der Waals surface area contributed by atoms with Gasteiger partial charge < -0.3 is 60.4 Å². The lowest BCUT2D eigenvalue weighted by atomic mass is 9.95. The summed E-state index contributed by atoms with van der Waals surface area (Å²) >= 11 is 0. The number of hydrogen-bond donors (Lipinski definition) is 11. The summed E-state index contributed by atoms with van der Waals surface area (Å²) < 4.78 is 0. The zero-order valence-electron chi connectivity index (χ0n) is 33.3. The first-order chi connectivity index (χ1) is 25.2. The number of aliphatic imine (C=N–C) groups is 2. The molecular formula is C35H68N12O7. The lowest BCUT2D eigenvalue weighted by molar-refractivity contribution is -0.143. The van der Waals surface area contributed by atoms with Crippen molar-refractivity contribution in [3.63, 3.8) is 0 Å². The summed E-state index contributed by atoms with van der Waals surface area (Å²) in [7, 11) is 0. The molecule has 0 spiro atoms. The van der Waals surface area contributed by atoms with Crippen LogP contribution in [0.5, 0.6) is 0 Å². The van der Waals surface area contributed by atoms with E-state index in [9.17, 15) is 33.9 Å². The summed E-state index contributed by atoms with van der Waals surface area (Å²) in [6, 6.07) is -6.58. The van der Waals surface area contributed by atoms with E-state index in [0.717, 1.165) is 0 Å². The minimum Gasteiger partial charge on any atom is -0.480 e. The third-order valence-corrected chi connectivity index (χ3v) is 9.08. The standard InChI is InChI=1S/C35H68N12O7/c1-9-20(7)25(36)30(50)45-24(17-18(3)4)29(49)43-22(13-11-15-41-34(37)38)28(48)46-26(19(5)6)31(51)47-27(21(8)10-2)32(52)44-23(33(53)54)14-12-16-42-35(39)40/h18-27H,9-17,36H2,1-8H3,(H,43,49)(H,44,52)(H,45,50)(H,46,48)(H,47,51)(H,53,54)(H4,37,38,41)(H4,39,40,42)/t20-,21-,22-,23-,24-,25-,26-,27-/m0/s1. The number of aliphatic carboxylic acids is 1. The number of guanidine groups is 2. The van der Waals surface area contributed by atoms with Crippen LogP contribution in [0.25, 0.3) is 0 Å². The molecule has 5 amide bonds. The van der Waals surface area contributed by atoms with Gasteiger partial charge in [0.25, 0.3) is 0 Å². The summed E-state index contributed by atoms with van der Waals surface area (Å²) in [5, 5.41) is 23.1. The smallest absolute Gasteiger partial charge is 0.326 e. The van der Waals surface area contributed by atoms with Gasteiger partial charge in [0.05, 0.1) is 6.04 Å². The molecule has 0 saturated heterocycles. The molecular weight excluding hydrogens is 700 g/mol. The van der Waals surface area contributed by atoms with Gasteiger partial charge in [-0.2, -0.15) is 0 Å². The van der Waals surface area contributed by atoms with Crippen molar-refractivity contribution in [1.82, 2.24) is 26.6 Å². The Hall–Kier alpha value is -4.68. The van der Waals surface area contributed by atoms with Crippen LogP contribution in [0.15, 0.2) is 9.98 Å². The molecule has 0 radical (unpaired) electrons. The first-order valence-corrected chi connectivity index (χ1v) is 18.8. The normalized spacial score (nSPS) is 15.6. The number of carbonyl (C=O) groups is 6. The van der Waals surface area contributed by atoms with Gasteiger partial charge in [0.15, 0.2) is 11.9 Å². The maximum atomic E-state index is 13.9. The number of carboxylic acid groups (broad SMARTS) is 1. The van der Waals surface area contributed by atoms with Gasteiger partial charge in [-0.25, -0.2) is 4.79 Å². The van der Waals surface area contributed by atoms with E-state index in [4.69, 9.17) is 28.7 Å². The SMILES string of the molecule is CC[C@H](C)[C@H](N)C(=O)N[C@@H](CC(C)C)C(=O)N[C@@H](CCCN=C(N)N)C(=O)N[C@H](C(=O)N[C@H](C(=O)N[C@@H](CCCN=C(N)N)C(=O)O)[C@@H](C)CC)C(C)C. The largest absolute Gasteiger partial charge is 0.480 e. The number of nitrogens with two attached hydrogens (primary N) is 5. The van der Waals surface area contributed by atoms with Crippen molar-refractivity contribution in [2.24, 2.45) is 62.3 Å². The molecule has 54 heavy (non-hydrogen) atoms. The van der Waals surface area contributed by atoms with Gasteiger partial charge in [0.1, 0.15) is 30.2 Å². The molecule has 16 N–H and O–H groups in total. The van der Waals surface area contributed by atoms with Crippen molar-refractivity contribution in [3.8, 4) is 0 Å². The second-order valence-corrected chi connectivity index (χ2v) is 14.6. The van der Waals surface area contributed by atoms with Crippen molar-refractivity contribution in [2.75, 3.05) is 13.1 Å². The number of rotatable bonds is 26. The zero-order valence-corrected chi connectivity index (χ0v) is 33.3. The van der Waals surface area contributed by atoms with Gasteiger partial charge in [-0.05, 0) is 55.8 Å². The molecule has 0 aromatic heterocycles. The van der Waals surface area contributed by atoms with Gasteiger partial charge in [-0.15, -0.1) is 0 Å². The van der Waals surface area contributed by atoms with Crippen LogP contribution >= 0.6 is 0 Å². The van der Waals surface area contributed by atoms with E-state index in [1.165, 1.54) is 0 Å². The molecule has 0 aromatic carbocycles. The fourth-order valence-electron chi connectivity index (χ4n) is 5.28. The molecule has 0 aliphatic heterocycles. The predicted molar refractivity (Wildman–Crippen MR) is 208 cm³/mol. The predicted octanol–water partition coefficient (Wildman–Crippen LogP) is -1.28. The lowest BCUT2D eigenvalue weighted by Crippen LogP contribution is -2.61. The number of amides is 5. The monoisotopic (exact) mass is 769 g/mol. The van der Waals surface area contributed by atoms with Crippen LogP contribution in [0.1, 0.15) is 100 Å². The minimum absolute atomic E-state index is 0.00448. The average Bonchev–Trinajstić information content (AvgIpc) is 3.09. The molecule has 0 heterocycles. The highest BCUT2D eigenvalue weighted by molar-refractivity contribution is 5.96. The van der Waals surface area contributed by atoms with E-state index in [0.29, 0.717) is 12.8 Å². The number of nitrogens with one attached hydrogen (secondary N) is 5. The van der Waals surface area contributed by atoms with Gasteiger partial charge in [0, 0.05) is 13.1 Å². The highest BCUT2D eigenvalue weighted by atomic mass is 16.4. The third kappa shape index (κ3) is 18.9. The summed E-state index contributed by atoms with van der Waals surface area (Å²) in [6.07, 6.45) is 2.05. The number of hydrogen-bond acceptors (Lipinski definition) is 9. The lowest BCUT2D eigenvalue weighted by Gasteiger charge is -2.30. The van der Waals surface area contributed by atoms with Crippen LogP contribution in [0.4, 0.5) is 0 Å². The topological polar surface area (TPSA) is 338 Å². The molecule has 0 saturated carbocycles. The second kappa shape index (κ2) is 25.4. The molecule has 19 nitrogen and oxygen atoms in total. The molecule has 0 aliphatic carbocycles. The Kier molecular flexibility index (Phi) is 23.2. The maximum absolute atomic E-state index is 13.9. The highest BCUT2D eigenvalue weighted by Crippen LogP contribution is 2.13. The molecule has 0 aromatic rings. The van der Waals surface area contributed by atoms with E-state index < -0.39 is 83.6 Å². The second-order valence-electron chi connectivity index (χ2n) is 14.6. The van der Waals surface area contributed by atoms with Gasteiger partial charge >= 0.3 is 5.97 Å². The van der Waals surface area contributed by atoms with E-state index >= 15 is 0 Å². The molecule has 0 unspecified atom stereocenters. The van der Waals surface area contributed by atoms with Gasteiger partial charge in [-0.3, -0.25) is 34.0 Å². The molecule has 8 atom stereocenters. The Morgan fingerprint density at radius 2 is 1.00 bits per heavy atom. The first kappa shape index (κ1) is 49.3. The Labute approximate surface area is 319 Å². The van der Waals surface area contributed by atoms with E-state index in [2.05, 4.69) is 36.6 Å². The Bertz CT molecular complexity index is 1280. The van der Waals surface area contributed by atoms with Crippen LogP contribution in [0.3, 0.4) is 0 Å². The van der Waals surface area contributed by atoms with Crippen molar-refractivity contribution in [2.45, 2.75) is 137 Å². The molecule has 310 valence electrons. The fraction of sp³-hybridized carbons (Fsp3) is 0.771. The summed E-state index contributed by atoms with van der Waals surface area (Å²) in [4.78, 5) is 87.4. The van der Waals surface area contributed by atoms with Crippen molar-refractivity contribution in [3.05, 3.63) is 0 Å². The Morgan fingerprint density at radius 3 is 1.44 bits per heavy atom. The molecule has 0 rings (SSSR count). The quantitative estimate of drug-likeness (QED) is 0.0279. The Morgan fingerprint density at radius 1 is 0.574 bits per heavy atom. The van der Waals surface area contributed by atoms with Gasteiger partial charge in [0.2, 0.25) is 29.5 Å².